The van der Waals surface area contributed by atoms with Gasteiger partial charge in [-0.3, -0.25) is 0 Å². The Balaban J connectivity index is 2.02. The van der Waals surface area contributed by atoms with Gasteiger partial charge in [0.25, 0.3) is 0 Å². The monoisotopic (exact) mass is 325 g/mol. The maximum atomic E-state index is 11.2. The molecule has 0 bridgehead atoms. The van der Waals surface area contributed by atoms with Crippen LogP contribution in [0.4, 0.5) is 0 Å². The number of aryl methyl sites for hydroxylation is 1. The Bertz CT molecular complexity index is 707. The molecule has 0 saturated heterocycles. The number of nitrogens with zero attached hydrogens (tertiary/aromatic N) is 1. The third-order valence-corrected chi connectivity index (χ3v) is 5.01. The normalized spacial score (nSPS) is 13.1. The Morgan fingerprint density at radius 3 is 2.76 bits per heavy atom. The topological polar surface area (TPSA) is 56.3 Å². The van der Waals surface area contributed by atoms with E-state index in [4.69, 9.17) is 4.74 Å². The number of hydrogen-bond donors (Lipinski definition) is 0. The number of benzene rings is 1. The molecule has 0 aliphatic carbocycles. The second-order valence-electron chi connectivity index (χ2n) is 5.33. The number of thiazole rings is 1. The summed E-state index contributed by atoms with van der Waals surface area (Å²) in [4.78, 5) is 4.45. The Kier molecular flexibility index (Phi) is 5.00. The fourth-order valence-electron chi connectivity index (χ4n) is 2.01. The fourth-order valence-corrected chi connectivity index (χ4v) is 3.93. The molecule has 0 aliphatic rings. The zero-order valence-corrected chi connectivity index (χ0v) is 14.0. The summed E-state index contributed by atoms with van der Waals surface area (Å²) in [6.07, 6.45) is 1.24. The lowest BCUT2D eigenvalue weighted by molar-refractivity contribution is 0.272. The summed E-state index contributed by atoms with van der Waals surface area (Å²) in [5, 5.41) is 2.97. The van der Waals surface area contributed by atoms with Crippen molar-refractivity contribution in [1.82, 2.24) is 4.98 Å². The van der Waals surface area contributed by atoms with E-state index in [0.717, 1.165) is 22.0 Å². The number of rotatable bonds is 6. The minimum absolute atomic E-state index is 0.0363. The molecule has 4 nitrogen and oxygen atoms in total. The zero-order valence-electron chi connectivity index (χ0n) is 12.4. The van der Waals surface area contributed by atoms with Crippen LogP contribution in [0.15, 0.2) is 29.6 Å². The van der Waals surface area contributed by atoms with Crippen molar-refractivity contribution >= 4 is 21.2 Å². The van der Waals surface area contributed by atoms with Gasteiger partial charge in [-0.05, 0) is 19.1 Å². The largest absolute Gasteiger partial charge is 0.493 e. The molecule has 1 aromatic carbocycles. The van der Waals surface area contributed by atoms with Crippen LogP contribution in [0.5, 0.6) is 5.75 Å². The predicted molar refractivity (Wildman–Crippen MR) is 86.7 cm³/mol. The third-order valence-electron chi connectivity index (χ3n) is 2.82. The SMILES string of the molecule is Cc1csc(-c2cccc(OCC(C)CS(C)(=O)=O)c2)n1. The summed E-state index contributed by atoms with van der Waals surface area (Å²) in [6, 6.07) is 7.72. The van der Waals surface area contributed by atoms with Crippen LogP contribution in [0, 0.1) is 12.8 Å². The highest BCUT2D eigenvalue weighted by molar-refractivity contribution is 7.90. The lowest BCUT2D eigenvalue weighted by atomic mass is 10.2. The van der Waals surface area contributed by atoms with Crippen molar-refractivity contribution in [2.24, 2.45) is 5.92 Å². The minimum Gasteiger partial charge on any atom is -0.493 e. The van der Waals surface area contributed by atoms with Crippen molar-refractivity contribution in [2.45, 2.75) is 13.8 Å². The first-order chi connectivity index (χ1) is 9.83. The quantitative estimate of drug-likeness (QED) is 0.818. The first kappa shape index (κ1) is 16.0. The lowest BCUT2D eigenvalue weighted by Gasteiger charge is -2.12. The van der Waals surface area contributed by atoms with Gasteiger partial charge in [0.1, 0.15) is 20.6 Å². The molecule has 114 valence electrons. The third kappa shape index (κ3) is 5.13. The molecule has 1 aromatic heterocycles. The van der Waals surface area contributed by atoms with E-state index in [9.17, 15) is 8.42 Å². The van der Waals surface area contributed by atoms with Crippen LogP contribution in [-0.2, 0) is 9.84 Å². The van der Waals surface area contributed by atoms with E-state index in [0.29, 0.717) is 6.61 Å². The smallest absolute Gasteiger partial charge is 0.147 e. The van der Waals surface area contributed by atoms with Gasteiger partial charge in [0.15, 0.2) is 0 Å². The standard InChI is InChI=1S/C15H19NO3S2/c1-11(10-21(3,17)18)8-19-14-6-4-5-13(7-14)15-16-12(2)9-20-15/h4-7,9,11H,8,10H2,1-3H3. The first-order valence-electron chi connectivity index (χ1n) is 6.66. The summed E-state index contributed by atoms with van der Waals surface area (Å²) >= 11 is 1.60. The van der Waals surface area contributed by atoms with Crippen LogP contribution in [0.2, 0.25) is 0 Å². The van der Waals surface area contributed by atoms with Gasteiger partial charge in [-0.2, -0.15) is 0 Å². The second kappa shape index (κ2) is 6.58. The minimum atomic E-state index is -2.96. The molecule has 0 radical (unpaired) electrons. The molecule has 0 amide bonds. The van der Waals surface area contributed by atoms with Crippen LogP contribution in [0.3, 0.4) is 0 Å². The molecule has 1 heterocycles. The second-order valence-corrected chi connectivity index (χ2v) is 8.37. The fraction of sp³-hybridized carbons (Fsp3) is 0.400. The molecule has 1 unspecified atom stereocenters. The van der Waals surface area contributed by atoms with Crippen LogP contribution >= 0.6 is 11.3 Å². The molecule has 0 spiro atoms. The number of ether oxygens (including phenoxy) is 1. The highest BCUT2D eigenvalue weighted by Gasteiger charge is 2.11. The van der Waals surface area contributed by atoms with Crippen molar-refractivity contribution in [3.05, 3.63) is 35.3 Å². The molecule has 0 aliphatic heterocycles. The van der Waals surface area contributed by atoms with Crippen LogP contribution in [0.25, 0.3) is 10.6 Å². The van der Waals surface area contributed by atoms with Crippen LogP contribution in [0.1, 0.15) is 12.6 Å². The maximum Gasteiger partial charge on any atom is 0.147 e. The average Bonchev–Trinajstić information content (AvgIpc) is 2.82. The summed E-state index contributed by atoms with van der Waals surface area (Å²) < 4.78 is 28.2. The van der Waals surface area contributed by atoms with E-state index < -0.39 is 9.84 Å². The molecule has 6 heteroatoms. The van der Waals surface area contributed by atoms with Crippen molar-refractivity contribution in [2.75, 3.05) is 18.6 Å². The van der Waals surface area contributed by atoms with Gasteiger partial charge in [0.05, 0.1) is 12.4 Å². The van der Waals surface area contributed by atoms with Crippen LogP contribution in [-0.4, -0.2) is 32.0 Å². The first-order valence-corrected chi connectivity index (χ1v) is 9.60. The van der Waals surface area contributed by atoms with E-state index in [1.807, 2.05) is 43.5 Å². The Hall–Kier alpha value is -1.40. The molecule has 2 aromatic rings. The van der Waals surface area contributed by atoms with Gasteiger partial charge in [-0.15, -0.1) is 11.3 Å². The van der Waals surface area contributed by atoms with Gasteiger partial charge >= 0.3 is 0 Å². The van der Waals surface area contributed by atoms with Crippen molar-refractivity contribution in [3.8, 4) is 16.3 Å². The van der Waals surface area contributed by atoms with Crippen molar-refractivity contribution in [3.63, 3.8) is 0 Å². The van der Waals surface area contributed by atoms with E-state index >= 15 is 0 Å². The maximum absolute atomic E-state index is 11.2. The molecular formula is C15H19NO3S2. The summed E-state index contributed by atoms with van der Waals surface area (Å²) in [7, 11) is -2.96. The molecule has 2 rings (SSSR count). The Labute approximate surface area is 129 Å². The summed E-state index contributed by atoms with van der Waals surface area (Å²) in [6.45, 7) is 4.22. The molecule has 1 atom stereocenters. The van der Waals surface area contributed by atoms with Crippen molar-refractivity contribution < 1.29 is 13.2 Å². The average molecular weight is 325 g/mol. The van der Waals surface area contributed by atoms with Crippen molar-refractivity contribution in [1.29, 1.82) is 0 Å². The van der Waals surface area contributed by atoms with Gasteiger partial charge in [-0.25, -0.2) is 13.4 Å². The summed E-state index contributed by atoms with van der Waals surface area (Å²) in [5.74, 6) is 0.838. The number of aromatic nitrogens is 1. The van der Waals surface area contributed by atoms with E-state index in [-0.39, 0.29) is 11.7 Å². The summed E-state index contributed by atoms with van der Waals surface area (Å²) in [5.41, 5.74) is 2.02. The Morgan fingerprint density at radius 1 is 1.38 bits per heavy atom. The van der Waals surface area contributed by atoms with Crippen LogP contribution < -0.4 is 4.74 Å². The van der Waals surface area contributed by atoms with Gasteiger partial charge in [0.2, 0.25) is 0 Å². The van der Waals surface area contributed by atoms with Gasteiger partial charge in [-0.1, -0.05) is 19.1 Å². The van der Waals surface area contributed by atoms with Gasteiger partial charge in [0, 0.05) is 28.8 Å². The molecular weight excluding hydrogens is 306 g/mol. The van der Waals surface area contributed by atoms with E-state index in [1.165, 1.54) is 6.26 Å². The molecule has 0 N–H and O–H groups in total. The van der Waals surface area contributed by atoms with E-state index in [2.05, 4.69) is 4.98 Å². The number of hydrogen-bond acceptors (Lipinski definition) is 5. The molecule has 0 fully saturated rings. The molecule has 21 heavy (non-hydrogen) atoms. The highest BCUT2D eigenvalue weighted by atomic mass is 32.2. The number of sulfone groups is 1. The zero-order chi connectivity index (χ0) is 15.5. The van der Waals surface area contributed by atoms with Gasteiger partial charge < -0.3 is 4.74 Å². The Morgan fingerprint density at radius 2 is 2.14 bits per heavy atom. The highest BCUT2D eigenvalue weighted by Crippen LogP contribution is 2.26. The predicted octanol–water partition coefficient (Wildman–Crippen LogP) is 3.18. The lowest BCUT2D eigenvalue weighted by Crippen LogP contribution is -2.18. The van der Waals surface area contributed by atoms with E-state index in [1.54, 1.807) is 11.3 Å². The molecule has 0 saturated carbocycles.